The predicted octanol–water partition coefficient (Wildman–Crippen LogP) is 3.03. The van der Waals surface area contributed by atoms with Gasteiger partial charge in [-0.25, -0.2) is 0 Å². The fourth-order valence-corrected chi connectivity index (χ4v) is 4.08. The molecule has 2 aliphatic carbocycles. The van der Waals surface area contributed by atoms with Gasteiger partial charge in [0.1, 0.15) is 0 Å². The van der Waals surface area contributed by atoms with Gasteiger partial charge in [-0.2, -0.15) is 0 Å². The molecule has 0 aromatic carbocycles. The molecule has 2 fully saturated rings. The average Bonchev–Trinajstić information content (AvgIpc) is 3.22. The van der Waals surface area contributed by atoms with Gasteiger partial charge in [0.15, 0.2) is 0 Å². The molecule has 21 heavy (non-hydrogen) atoms. The summed E-state index contributed by atoms with van der Waals surface area (Å²) in [6.45, 7) is 10.6. The van der Waals surface area contributed by atoms with Crippen molar-refractivity contribution in [2.45, 2.75) is 77.3 Å². The van der Waals surface area contributed by atoms with Crippen LogP contribution in [0.25, 0.3) is 0 Å². The summed E-state index contributed by atoms with van der Waals surface area (Å²) < 4.78 is 0. The molecule has 2 aliphatic rings. The minimum atomic E-state index is 0.0159. The molecule has 0 spiro atoms. The number of hydrogen-bond acceptors (Lipinski definition) is 3. The average molecular weight is 296 g/mol. The first-order valence-corrected chi connectivity index (χ1v) is 9.21. The third-order valence-corrected chi connectivity index (χ3v) is 5.59. The molecule has 2 unspecified atom stereocenters. The Morgan fingerprint density at radius 2 is 2.00 bits per heavy atom. The molecule has 0 aromatic heterocycles. The quantitative estimate of drug-likeness (QED) is 0.650. The Morgan fingerprint density at radius 3 is 2.57 bits per heavy atom. The van der Waals surface area contributed by atoms with E-state index in [1.165, 1.54) is 51.6 Å². The number of aliphatic hydroxyl groups is 1. The van der Waals surface area contributed by atoms with Crippen molar-refractivity contribution in [2.24, 2.45) is 11.8 Å². The van der Waals surface area contributed by atoms with Crippen LogP contribution in [0.15, 0.2) is 0 Å². The molecule has 0 aliphatic heterocycles. The molecule has 124 valence electrons. The lowest BCUT2D eigenvalue weighted by Gasteiger charge is -2.36. The van der Waals surface area contributed by atoms with Crippen molar-refractivity contribution in [2.75, 3.05) is 26.2 Å². The van der Waals surface area contributed by atoms with Crippen molar-refractivity contribution < 1.29 is 5.11 Å². The first-order chi connectivity index (χ1) is 10.1. The molecule has 2 atom stereocenters. The Morgan fingerprint density at radius 1 is 1.24 bits per heavy atom. The predicted molar refractivity (Wildman–Crippen MR) is 89.5 cm³/mol. The van der Waals surface area contributed by atoms with Crippen molar-refractivity contribution in [1.29, 1.82) is 0 Å². The summed E-state index contributed by atoms with van der Waals surface area (Å²) in [5.74, 6) is 1.46. The molecule has 0 amide bonds. The lowest BCUT2D eigenvalue weighted by atomic mass is 9.85. The highest BCUT2D eigenvalue weighted by molar-refractivity contribution is 4.99. The SMILES string of the molecule is CCNC1(CO)CCCC1CCN(CCC(C)C)C1CC1. The van der Waals surface area contributed by atoms with Crippen LogP contribution >= 0.6 is 0 Å². The number of nitrogens with zero attached hydrogens (tertiary/aromatic N) is 1. The molecule has 0 aromatic rings. The first-order valence-electron chi connectivity index (χ1n) is 9.21. The van der Waals surface area contributed by atoms with E-state index in [-0.39, 0.29) is 5.54 Å². The summed E-state index contributed by atoms with van der Waals surface area (Å²) in [6, 6.07) is 0.868. The number of rotatable bonds is 10. The van der Waals surface area contributed by atoms with Crippen LogP contribution < -0.4 is 5.32 Å². The fraction of sp³-hybridized carbons (Fsp3) is 1.00. The second kappa shape index (κ2) is 7.94. The lowest BCUT2D eigenvalue weighted by molar-refractivity contribution is 0.111. The smallest absolute Gasteiger partial charge is 0.0616 e. The van der Waals surface area contributed by atoms with Gasteiger partial charge in [-0.05, 0) is 70.0 Å². The number of nitrogens with one attached hydrogen (secondary N) is 1. The zero-order valence-corrected chi connectivity index (χ0v) is 14.4. The van der Waals surface area contributed by atoms with Crippen molar-refractivity contribution in [1.82, 2.24) is 10.2 Å². The highest BCUT2D eigenvalue weighted by Gasteiger charge is 2.41. The molecular weight excluding hydrogens is 260 g/mol. The number of hydrogen-bond donors (Lipinski definition) is 2. The zero-order chi connectivity index (χ0) is 15.3. The Hall–Kier alpha value is -0.120. The molecule has 2 rings (SSSR count). The third-order valence-electron chi connectivity index (χ3n) is 5.59. The van der Waals surface area contributed by atoms with E-state index in [1.807, 2.05) is 0 Å². The van der Waals surface area contributed by atoms with Gasteiger partial charge in [-0.1, -0.05) is 27.2 Å². The number of aliphatic hydroxyl groups excluding tert-OH is 1. The maximum absolute atomic E-state index is 9.90. The monoisotopic (exact) mass is 296 g/mol. The van der Waals surface area contributed by atoms with Gasteiger partial charge in [0.2, 0.25) is 0 Å². The Bertz CT molecular complexity index is 304. The van der Waals surface area contributed by atoms with E-state index in [4.69, 9.17) is 0 Å². The number of likely N-dealkylation sites (N-methyl/N-ethyl adjacent to an activating group) is 1. The van der Waals surface area contributed by atoms with Crippen molar-refractivity contribution in [3.05, 3.63) is 0 Å². The van der Waals surface area contributed by atoms with Crippen LogP contribution in [0.5, 0.6) is 0 Å². The minimum Gasteiger partial charge on any atom is -0.394 e. The largest absolute Gasteiger partial charge is 0.394 e. The lowest BCUT2D eigenvalue weighted by Crippen LogP contribution is -2.52. The van der Waals surface area contributed by atoms with Crippen LogP contribution in [-0.2, 0) is 0 Å². The molecule has 3 nitrogen and oxygen atoms in total. The van der Waals surface area contributed by atoms with Gasteiger partial charge in [0.25, 0.3) is 0 Å². The molecule has 0 radical (unpaired) electrons. The van der Waals surface area contributed by atoms with Gasteiger partial charge in [0, 0.05) is 11.6 Å². The van der Waals surface area contributed by atoms with Gasteiger partial charge >= 0.3 is 0 Å². The normalized spacial score (nSPS) is 29.7. The summed E-state index contributed by atoms with van der Waals surface area (Å²) in [4.78, 5) is 2.73. The van der Waals surface area contributed by atoms with E-state index in [9.17, 15) is 5.11 Å². The standard InChI is InChI=1S/C18H36N2O/c1-4-19-18(14-21)11-5-6-16(18)10-13-20(17-7-8-17)12-9-15(2)3/h15-17,19,21H,4-14H2,1-3H3. The second-order valence-electron chi connectivity index (χ2n) is 7.67. The van der Waals surface area contributed by atoms with E-state index in [1.54, 1.807) is 0 Å². The van der Waals surface area contributed by atoms with Crippen LogP contribution in [0.2, 0.25) is 0 Å². The maximum atomic E-state index is 9.90. The van der Waals surface area contributed by atoms with E-state index in [2.05, 4.69) is 31.0 Å². The first kappa shape index (κ1) is 17.2. The summed E-state index contributed by atoms with van der Waals surface area (Å²) in [5.41, 5.74) is 0.0159. The van der Waals surface area contributed by atoms with Crippen molar-refractivity contribution in [3.8, 4) is 0 Å². The molecule has 2 N–H and O–H groups in total. The van der Waals surface area contributed by atoms with Gasteiger partial charge in [-0.3, -0.25) is 0 Å². The van der Waals surface area contributed by atoms with E-state index >= 15 is 0 Å². The zero-order valence-electron chi connectivity index (χ0n) is 14.4. The van der Waals surface area contributed by atoms with Crippen LogP contribution in [0.1, 0.15) is 65.7 Å². The summed E-state index contributed by atoms with van der Waals surface area (Å²) in [5, 5.41) is 13.5. The van der Waals surface area contributed by atoms with E-state index in [0.29, 0.717) is 12.5 Å². The Balaban J connectivity index is 1.84. The van der Waals surface area contributed by atoms with Crippen LogP contribution in [-0.4, -0.2) is 47.8 Å². The van der Waals surface area contributed by atoms with Gasteiger partial charge in [0.05, 0.1) is 6.61 Å². The van der Waals surface area contributed by atoms with Gasteiger partial charge < -0.3 is 15.3 Å². The topological polar surface area (TPSA) is 35.5 Å². The summed E-state index contributed by atoms with van der Waals surface area (Å²) in [7, 11) is 0. The fourth-order valence-electron chi connectivity index (χ4n) is 4.08. The van der Waals surface area contributed by atoms with Crippen LogP contribution in [0.4, 0.5) is 0 Å². The minimum absolute atomic E-state index is 0.0159. The Kier molecular flexibility index (Phi) is 6.51. The Labute approximate surface area is 131 Å². The molecule has 0 bridgehead atoms. The maximum Gasteiger partial charge on any atom is 0.0616 e. The van der Waals surface area contributed by atoms with Crippen LogP contribution in [0.3, 0.4) is 0 Å². The highest BCUT2D eigenvalue weighted by atomic mass is 16.3. The summed E-state index contributed by atoms with van der Waals surface area (Å²) in [6.07, 6.45) is 9.09. The van der Waals surface area contributed by atoms with E-state index < -0.39 is 0 Å². The molecule has 3 heteroatoms. The van der Waals surface area contributed by atoms with Gasteiger partial charge in [-0.15, -0.1) is 0 Å². The molecule has 2 saturated carbocycles. The second-order valence-corrected chi connectivity index (χ2v) is 7.67. The highest BCUT2D eigenvalue weighted by Crippen LogP contribution is 2.38. The molecule has 0 saturated heterocycles. The van der Waals surface area contributed by atoms with Crippen molar-refractivity contribution >= 4 is 0 Å². The van der Waals surface area contributed by atoms with E-state index in [0.717, 1.165) is 24.9 Å². The summed E-state index contributed by atoms with van der Waals surface area (Å²) >= 11 is 0. The third kappa shape index (κ3) is 4.67. The molecular formula is C18H36N2O. The van der Waals surface area contributed by atoms with Crippen LogP contribution in [0, 0.1) is 11.8 Å². The van der Waals surface area contributed by atoms with Crippen molar-refractivity contribution in [3.63, 3.8) is 0 Å². The molecule has 0 heterocycles.